The van der Waals surface area contributed by atoms with Gasteiger partial charge in [-0.3, -0.25) is 9.67 Å². The van der Waals surface area contributed by atoms with Gasteiger partial charge in [0.1, 0.15) is 23.1 Å². The molecule has 1 aliphatic rings. The van der Waals surface area contributed by atoms with Crippen molar-refractivity contribution in [3.8, 4) is 17.0 Å². The van der Waals surface area contributed by atoms with Crippen molar-refractivity contribution in [1.82, 2.24) is 24.7 Å². The molecule has 0 saturated carbocycles. The van der Waals surface area contributed by atoms with E-state index in [4.69, 9.17) is 14.7 Å². The molecule has 1 aromatic carbocycles. The molecule has 0 aliphatic carbocycles. The van der Waals surface area contributed by atoms with Gasteiger partial charge in [-0.2, -0.15) is 5.10 Å². The summed E-state index contributed by atoms with van der Waals surface area (Å²) in [7, 11) is 1.86. The maximum Gasteiger partial charge on any atom is 0.167 e. The molecule has 4 heterocycles. The quantitative estimate of drug-likeness (QED) is 0.396. The molecule has 0 unspecified atom stereocenters. The molecule has 5 rings (SSSR count). The minimum absolute atomic E-state index is 0.0747. The Morgan fingerprint density at radius 1 is 1.06 bits per heavy atom. The zero-order valence-corrected chi connectivity index (χ0v) is 19.9. The number of hydrogen-bond donors (Lipinski definition) is 0. The van der Waals surface area contributed by atoms with Crippen LogP contribution in [0.3, 0.4) is 0 Å². The van der Waals surface area contributed by atoms with Crippen LogP contribution in [0.2, 0.25) is 0 Å². The fourth-order valence-electron chi connectivity index (χ4n) is 4.23. The van der Waals surface area contributed by atoms with Gasteiger partial charge in [-0.1, -0.05) is 5.57 Å². The molecule has 3 aromatic heterocycles. The molecule has 4 aromatic rings. The molecule has 0 bridgehead atoms. The van der Waals surface area contributed by atoms with Crippen molar-refractivity contribution in [1.29, 1.82) is 0 Å². The van der Waals surface area contributed by atoms with Crippen LogP contribution in [0.5, 0.6) is 5.75 Å². The number of piperidine rings is 1. The zero-order valence-electron chi connectivity index (χ0n) is 19.9. The van der Waals surface area contributed by atoms with Crippen molar-refractivity contribution < 1.29 is 13.5 Å². The summed E-state index contributed by atoms with van der Waals surface area (Å²) < 4.78 is 34.8. The number of hydrogen-bond acceptors (Lipinski definition) is 6. The summed E-state index contributed by atoms with van der Waals surface area (Å²) in [5, 5.41) is 4.30. The lowest BCUT2D eigenvalue weighted by molar-refractivity contribution is 0.163. The van der Waals surface area contributed by atoms with Crippen LogP contribution in [0.4, 0.5) is 14.6 Å². The number of ether oxygens (including phenoxy) is 1. The smallest absolute Gasteiger partial charge is 0.167 e. The van der Waals surface area contributed by atoms with Gasteiger partial charge in [0.05, 0.1) is 23.6 Å². The van der Waals surface area contributed by atoms with Crippen molar-refractivity contribution in [2.24, 2.45) is 7.05 Å². The lowest BCUT2D eigenvalue weighted by Gasteiger charge is -2.33. The van der Waals surface area contributed by atoms with Crippen LogP contribution in [0.1, 0.15) is 32.4 Å². The predicted molar refractivity (Wildman–Crippen MR) is 131 cm³/mol. The molecular weight excluding hydrogens is 450 g/mol. The number of halogens is 2. The summed E-state index contributed by atoms with van der Waals surface area (Å²) in [6, 6.07) is 5.33. The molecule has 1 aliphatic heterocycles. The predicted octanol–water partition coefficient (Wildman–Crippen LogP) is 5.17. The van der Waals surface area contributed by atoms with Gasteiger partial charge in [0.2, 0.25) is 0 Å². The third kappa shape index (κ3) is 4.99. The Labute approximate surface area is 202 Å². The third-order valence-electron chi connectivity index (χ3n) is 5.90. The van der Waals surface area contributed by atoms with E-state index < -0.39 is 11.6 Å². The molecule has 0 radical (unpaired) electrons. The highest BCUT2D eigenvalue weighted by atomic mass is 19.1. The standard InChI is InChI=1S/C26H26F2N6O/c1-16(2)10-19-12-22-23(14-29-19)31-25(17-13-30-33(3)15-17)26(32-22)34-8-6-20(7-9-34)35-24-5-4-18(27)11-21(24)28/h4-5,10-15,20H,6-9H2,1-3H3. The Balaban J connectivity index is 1.44. The third-order valence-corrected chi connectivity index (χ3v) is 5.90. The minimum Gasteiger partial charge on any atom is -0.487 e. The van der Waals surface area contributed by atoms with Gasteiger partial charge >= 0.3 is 0 Å². The van der Waals surface area contributed by atoms with Gasteiger partial charge in [-0.05, 0) is 38.1 Å². The lowest BCUT2D eigenvalue weighted by atomic mass is 10.1. The van der Waals surface area contributed by atoms with E-state index in [-0.39, 0.29) is 11.9 Å². The highest BCUT2D eigenvalue weighted by molar-refractivity contribution is 5.84. The number of benzene rings is 1. The van der Waals surface area contributed by atoms with Crippen molar-refractivity contribution in [3.63, 3.8) is 0 Å². The summed E-state index contributed by atoms with van der Waals surface area (Å²) in [6.45, 7) is 5.37. The van der Waals surface area contributed by atoms with Crippen LogP contribution >= 0.6 is 0 Å². The SMILES string of the molecule is CC(C)=Cc1cc2nc(N3CCC(Oc4ccc(F)cc4F)CC3)c(-c3cnn(C)c3)nc2cn1. The summed E-state index contributed by atoms with van der Waals surface area (Å²) in [5.74, 6) is -0.463. The largest absolute Gasteiger partial charge is 0.487 e. The lowest BCUT2D eigenvalue weighted by Crippen LogP contribution is -2.39. The van der Waals surface area contributed by atoms with Gasteiger partial charge in [-0.25, -0.2) is 18.7 Å². The number of fused-ring (bicyclic) bond motifs is 1. The number of allylic oxidation sites excluding steroid dienone is 1. The first-order chi connectivity index (χ1) is 16.9. The Morgan fingerprint density at radius 3 is 2.54 bits per heavy atom. The number of pyridine rings is 1. The fourth-order valence-corrected chi connectivity index (χ4v) is 4.23. The van der Waals surface area contributed by atoms with E-state index in [1.54, 1.807) is 17.1 Å². The van der Waals surface area contributed by atoms with E-state index in [1.807, 2.05) is 39.2 Å². The zero-order chi connectivity index (χ0) is 24.5. The van der Waals surface area contributed by atoms with E-state index in [0.29, 0.717) is 31.4 Å². The molecular formula is C26H26F2N6O. The van der Waals surface area contributed by atoms with Crippen molar-refractivity contribution in [2.75, 3.05) is 18.0 Å². The Bertz CT molecular complexity index is 1400. The second-order valence-corrected chi connectivity index (χ2v) is 9.00. The molecule has 7 nitrogen and oxygen atoms in total. The molecule has 1 saturated heterocycles. The number of rotatable bonds is 5. The van der Waals surface area contributed by atoms with Crippen LogP contribution in [-0.2, 0) is 7.05 Å². The van der Waals surface area contributed by atoms with Crippen molar-refractivity contribution in [3.05, 3.63) is 65.8 Å². The first-order valence-electron chi connectivity index (χ1n) is 11.5. The Kier molecular flexibility index (Phi) is 6.15. The molecule has 0 N–H and O–H groups in total. The molecule has 0 atom stereocenters. The normalized spacial score (nSPS) is 14.4. The highest BCUT2D eigenvalue weighted by Crippen LogP contribution is 2.32. The van der Waals surface area contributed by atoms with E-state index in [1.165, 1.54) is 12.1 Å². The average molecular weight is 477 g/mol. The maximum atomic E-state index is 14.0. The number of aryl methyl sites for hydroxylation is 1. The molecule has 9 heteroatoms. The van der Waals surface area contributed by atoms with E-state index in [0.717, 1.165) is 39.9 Å². The second-order valence-electron chi connectivity index (χ2n) is 9.00. The summed E-state index contributed by atoms with van der Waals surface area (Å²) in [6.07, 6.45) is 8.61. The Hall–Kier alpha value is -3.88. The molecule has 35 heavy (non-hydrogen) atoms. The highest BCUT2D eigenvalue weighted by Gasteiger charge is 2.26. The Morgan fingerprint density at radius 2 is 1.86 bits per heavy atom. The van der Waals surface area contributed by atoms with E-state index in [2.05, 4.69) is 15.0 Å². The first-order valence-corrected chi connectivity index (χ1v) is 11.5. The van der Waals surface area contributed by atoms with Gasteiger partial charge in [0.15, 0.2) is 17.4 Å². The second kappa shape index (κ2) is 9.40. The maximum absolute atomic E-state index is 14.0. The van der Waals surface area contributed by atoms with Crippen molar-refractivity contribution >= 4 is 22.9 Å². The topological polar surface area (TPSA) is 69.0 Å². The number of anilines is 1. The minimum atomic E-state index is -0.688. The molecule has 0 spiro atoms. The fraction of sp³-hybridized carbons (Fsp3) is 0.308. The number of nitrogens with zero attached hydrogens (tertiary/aromatic N) is 6. The van der Waals surface area contributed by atoms with Gasteiger partial charge in [-0.15, -0.1) is 0 Å². The van der Waals surface area contributed by atoms with Gasteiger partial charge in [0.25, 0.3) is 0 Å². The van der Waals surface area contributed by atoms with E-state index in [9.17, 15) is 8.78 Å². The number of aromatic nitrogens is 5. The molecule has 180 valence electrons. The summed E-state index contributed by atoms with van der Waals surface area (Å²) >= 11 is 0. The summed E-state index contributed by atoms with van der Waals surface area (Å²) in [5.41, 5.74) is 5.07. The van der Waals surface area contributed by atoms with Gasteiger partial charge < -0.3 is 9.64 Å². The monoisotopic (exact) mass is 476 g/mol. The van der Waals surface area contributed by atoms with Crippen LogP contribution < -0.4 is 9.64 Å². The van der Waals surface area contributed by atoms with Crippen LogP contribution in [0, 0.1) is 11.6 Å². The molecule has 0 amide bonds. The van der Waals surface area contributed by atoms with Gasteiger partial charge in [0, 0.05) is 50.8 Å². The van der Waals surface area contributed by atoms with Crippen LogP contribution in [0.15, 0.2) is 48.4 Å². The summed E-state index contributed by atoms with van der Waals surface area (Å²) in [4.78, 5) is 16.6. The van der Waals surface area contributed by atoms with Crippen molar-refractivity contribution in [2.45, 2.75) is 32.8 Å². The average Bonchev–Trinajstić information content (AvgIpc) is 3.26. The first kappa shape index (κ1) is 22.9. The van der Waals surface area contributed by atoms with Crippen LogP contribution in [-0.4, -0.2) is 43.9 Å². The molecule has 1 fully saturated rings. The van der Waals surface area contributed by atoms with E-state index >= 15 is 0 Å². The van der Waals surface area contributed by atoms with Crippen LogP contribution in [0.25, 0.3) is 28.4 Å².